The number of alkyl halides is 3. The van der Waals surface area contributed by atoms with Gasteiger partial charge in [0, 0.05) is 11.8 Å². The van der Waals surface area contributed by atoms with Gasteiger partial charge in [0.25, 0.3) is 0 Å². The molecule has 0 aliphatic heterocycles. The van der Waals surface area contributed by atoms with Crippen LogP contribution in [-0.2, 0) is 0 Å². The van der Waals surface area contributed by atoms with Crippen molar-refractivity contribution in [2.45, 2.75) is 27.1 Å². The lowest BCUT2D eigenvalue weighted by atomic mass is 10.2. The summed E-state index contributed by atoms with van der Waals surface area (Å²) < 4.78 is 38.8. The van der Waals surface area contributed by atoms with E-state index in [1.165, 1.54) is 12.1 Å². The van der Waals surface area contributed by atoms with Crippen molar-refractivity contribution in [3.63, 3.8) is 0 Å². The van der Waals surface area contributed by atoms with E-state index >= 15 is 0 Å². The zero-order valence-corrected chi connectivity index (χ0v) is 8.85. The number of hydrogen-bond acceptors (Lipinski definition) is 2. The number of hydrogen-bond donors (Lipinski definition) is 1. The molecular weight excluding hydrogens is 207 g/mol. The van der Waals surface area contributed by atoms with Gasteiger partial charge in [-0.1, -0.05) is 19.9 Å². The fraction of sp³-hybridized carbons (Fsp3) is 0.400. The van der Waals surface area contributed by atoms with Crippen molar-refractivity contribution in [3.8, 4) is 5.75 Å². The molecule has 0 spiro atoms. The van der Waals surface area contributed by atoms with E-state index in [-0.39, 0.29) is 11.4 Å². The minimum Gasteiger partial charge on any atom is -0.406 e. The van der Waals surface area contributed by atoms with E-state index in [9.17, 15) is 13.2 Å². The topological polar surface area (TPSA) is 35.2 Å². The van der Waals surface area contributed by atoms with Crippen molar-refractivity contribution >= 4 is 5.69 Å². The lowest BCUT2D eigenvalue weighted by Crippen LogP contribution is -2.17. The van der Waals surface area contributed by atoms with Crippen LogP contribution >= 0.6 is 0 Å². The second-order valence-corrected chi connectivity index (χ2v) is 2.57. The maximum Gasteiger partial charge on any atom is 0.573 e. The first-order chi connectivity index (χ1) is 6.88. The van der Waals surface area contributed by atoms with Crippen LogP contribution in [0.2, 0.25) is 0 Å². The predicted molar refractivity (Wildman–Crippen MR) is 53.6 cm³/mol. The molecule has 0 atom stereocenters. The monoisotopic (exact) mass is 221 g/mol. The third kappa shape index (κ3) is 5.15. The predicted octanol–water partition coefficient (Wildman–Crippen LogP) is 3.50. The zero-order valence-electron chi connectivity index (χ0n) is 8.85. The van der Waals surface area contributed by atoms with Gasteiger partial charge in [0.2, 0.25) is 0 Å². The molecular formula is C10H14F3NO. The molecule has 1 aromatic carbocycles. The fourth-order valence-corrected chi connectivity index (χ4v) is 0.816. The number of aryl methyl sites for hydroxylation is 1. The molecule has 1 aromatic rings. The number of nitrogen functional groups attached to an aromatic ring is 1. The number of halogens is 3. The zero-order chi connectivity index (χ0) is 12.1. The molecule has 5 heteroatoms. The molecule has 0 bridgehead atoms. The summed E-state index contributed by atoms with van der Waals surface area (Å²) in [6.45, 7) is 5.70. The van der Waals surface area contributed by atoms with Crippen LogP contribution in [0.15, 0.2) is 18.2 Å². The van der Waals surface area contributed by atoms with E-state index in [0.29, 0.717) is 0 Å². The number of benzene rings is 1. The summed E-state index contributed by atoms with van der Waals surface area (Å²) in [6, 6.07) is 3.83. The van der Waals surface area contributed by atoms with Gasteiger partial charge >= 0.3 is 6.36 Å². The van der Waals surface area contributed by atoms with E-state index in [2.05, 4.69) is 4.74 Å². The SMILES string of the molecule is CC.Cc1ccc(OC(F)(F)F)cc1N. The Bertz CT molecular complexity index is 310. The summed E-state index contributed by atoms with van der Waals surface area (Å²) in [5, 5.41) is 0. The van der Waals surface area contributed by atoms with E-state index in [4.69, 9.17) is 5.73 Å². The Morgan fingerprint density at radius 3 is 2.13 bits per heavy atom. The molecule has 1 rings (SSSR count). The van der Waals surface area contributed by atoms with E-state index in [0.717, 1.165) is 11.6 Å². The second-order valence-electron chi connectivity index (χ2n) is 2.57. The molecule has 0 fully saturated rings. The van der Waals surface area contributed by atoms with Crippen LogP contribution in [0.1, 0.15) is 19.4 Å². The van der Waals surface area contributed by atoms with Gasteiger partial charge in [-0.3, -0.25) is 0 Å². The van der Waals surface area contributed by atoms with Gasteiger partial charge in [0.1, 0.15) is 5.75 Å². The van der Waals surface area contributed by atoms with Crippen molar-refractivity contribution in [1.82, 2.24) is 0 Å². The molecule has 15 heavy (non-hydrogen) atoms. The Hall–Kier alpha value is -1.39. The molecule has 0 aliphatic carbocycles. The van der Waals surface area contributed by atoms with Crippen molar-refractivity contribution in [2.75, 3.05) is 5.73 Å². The number of nitrogens with two attached hydrogens (primary N) is 1. The standard InChI is InChI=1S/C8H8F3NO.C2H6/c1-5-2-3-6(4-7(5)12)13-8(9,10)11;1-2/h2-4H,12H2,1H3;1-2H3. The van der Waals surface area contributed by atoms with Gasteiger partial charge in [-0.05, 0) is 18.6 Å². The summed E-state index contributed by atoms with van der Waals surface area (Å²) in [7, 11) is 0. The first-order valence-corrected chi connectivity index (χ1v) is 4.50. The van der Waals surface area contributed by atoms with E-state index in [1.54, 1.807) is 6.92 Å². The van der Waals surface area contributed by atoms with Crippen LogP contribution in [0, 0.1) is 6.92 Å². The third-order valence-corrected chi connectivity index (χ3v) is 1.48. The highest BCUT2D eigenvalue weighted by Crippen LogP contribution is 2.25. The maximum absolute atomic E-state index is 11.7. The molecule has 0 aromatic heterocycles. The fourth-order valence-electron chi connectivity index (χ4n) is 0.816. The van der Waals surface area contributed by atoms with Gasteiger partial charge in [-0.15, -0.1) is 13.2 Å². The van der Waals surface area contributed by atoms with Gasteiger partial charge in [-0.25, -0.2) is 0 Å². The highest BCUT2D eigenvalue weighted by molar-refractivity contribution is 5.50. The Kier molecular flexibility index (Phi) is 4.97. The lowest BCUT2D eigenvalue weighted by molar-refractivity contribution is -0.274. The van der Waals surface area contributed by atoms with Crippen LogP contribution in [0.25, 0.3) is 0 Å². The number of ether oxygens (including phenoxy) is 1. The minimum atomic E-state index is -4.66. The Morgan fingerprint density at radius 1 is 1.20 bits per heavy atom. The number of anilines is 1. The van der Waals surface area contributed by atoms with E-state index < -0.39 is 6.36 Å². The Labute approximate surface area is 86.8 Å². The largest absolute Gasteiger partial charge is 0.573 e. The highest BCUT2D eigenvalue weighted by atomic mass is 19.4. The first kappa shape index (κ1) is 13.6. The van der Waals surface area contributed by atoms with Gasteiger partial charge < -0.3 is 10.5 Å². The van der Waals surface area contributed by atoms with Crippen molar-refractivity contribution in [2.24, 2.45) is 0 Å². The van der Waals surface area contributed by atoms with Crippen molar-refractivity contribution in [3.05, 3.63) is 23.8 Å². The van der Waals surface area contributed by atoms with Crippen LogP contribution in [0.4, 0.5) is 18.9 Å². The van der Waals surface area contributed by atoms with Crippen LogP contribution in [-0.4, -0.2) is 6.36 Å². The average molecular weight is 221 g/mol. The van der Waals surface area contributed by atoms with E-state index in [1.807, 2.05) is 13.8 Å². The summed E-state index contributed by atoms with van der Waals surface area (Å²) in [5.74, 6) is -0.296. The molecule has 0 saturated heterocycles. The van der Waals surface area contributed by atoms with Crippen LogP contribution < -0.4 is 10.5 Å². The molecule has 0 saturated carbocycles. The maximum atomic E-state index is 11.7. The second kappa shape index (κ2) is 5.48. The normalized spacial score (nSPS) is 10.3. The molecule has 2 nitrogen and oxygen atoms in total. The summed E-state index contributed by atoms with van der Waals surface area (Å²) >= 11 is 0. The lowest BCUT2D eigenvalue weighted by Gasteiger charge is -2.09. The Balaban J connectivity index is 0.000000921. The molecule has 0 aliphatic rings. The van der Waals surface area contributed by atoms with Crippen molar-refractivity contribution < 1.29 is 17.9 Å². The smallest absolute Gasteiger partial charge is 0.406 e. The van der Waals surface area contributed by atoms with Crippen LogP contribution in [0.5, 0.6) is 5.75 Å². The quantitative estimate of drug-likeness (QED) is 0.736. The molecule has 0 radical (unpaired) electrons. The molecule has 0 heterocycles. The molecule has 0 amide bonds. The third-order valence-electron chi connectivity index (χ3n) is 1.48. The molecule has 0 unspecified atom stereocenters. The van der Waals surface area contributed by atoms with Gasteiger partial charge in [0.15, 0.2) is 0 Å². The minimum absolute atomic E-state index is 0.279. The van der Waals surface area contributed by atoms with Crippen LogP contribution in [0.3, 0.4) is 0 Å². The average Bonchev–Trinajstić information content (AvgIpc) is 2.12. The van der Waals surface area contributed by atoms with Crippen molar-refractivity contribution in [1.29, 1.82) is 0 Å². The summed E-state index contributed by atoms with van der Waals surface area (Å²) in [5.41, 5.74) is 6.39. The molecule has 2 N–H and O–H groups in total. The first-order valence-electron chi connectivity index (χ1n) is 4.50. The molecule has 86 valence electrons. The van der Waals surface area contributed by atoms with Gasteiger partial charge in [-0.2, -0.15) is 0 Å². The number of rotatable bonds is 1. The summed E-state index contributed by atoms with van der Waals surface area (Å²) in [4.78, 5) is 0. The Morgan fingerprint density at radius 2 is 1.73 bits per heavy atom. The van der Waals surface area contributed by atoms with Gasteiger partial charge in [0.05, 0.1) is 0 Å². The highest BCUT2D eigenvalue weighted by Gasteiger charge is 2.31. The summed E-state index contributed by atoms with van der Waals surface area (Å²) in [6.07, 6.45) is -4.66.